The van der Waals surface area contributed by atoms with Gasteiger partial charge >= 0.3 is 0 Å². The lowest BCUT2D eigenvalue weighted by Crippen LogP contribution is -2.37. The van der Waals surface area contributed by atoms with Crippen molar-refractivity contribution in [1.82, 2.24) is 48.5 Å². The minimum atomic E-state index is -0.656. The molecule has 2 aliphatic heterocycles. The lowest BCUT2D eigenvalue weighted by molar-refractivity contribution is 0.0357. The number of aryl methyl sites for hydroxylation is 3. The van der Waals surface area contributed by atoms with Crippen LogP contribution in [0.25, 0.3) is 22.1 Å². The average Bonchev–Trinajstić information content (AvgIpc) is 4.15. The zero-order chi connectivity index (χ0) is 51.6. The highest BCUT2D eigenvalue weighted by molar-refractivity contribution is 6.05. The van der Waals surface area contributed by atoms with Gasteiger partial charge in [-0.15, -0.1) is 0 Å². The second-order valence-corrected chi connectivity index (χ2v) is 18.5. The van der Waals surface area contributed by atoms with Crippen molar-refractivity contribution in [2.75, 3.05) is 89.5 Å². The highest BCUT2D eigenvalue weighted by Crippen LogP contribution is 2.34. The van der Waals surface area contributed by atoms with Gasteiger partial charge in [-0.05, 0) is 75.9 Å². The minimum Gasteiger partial charge on any atom is -0.491 e. The largest absolute Gasteiger partial charge is 0.491 e. The lowest BCUT2D eigenvalue weighted by atomic mass is 10.1. The number of carbonyl (C=O) groups excluding carboxylic acids is 4. The van der Waals surface area contributed by atoms with E-state index in [1.807, 2.05) is 42.1 Å². The normalized spacial score (nSPS) is 15.1. The molecular formula is C51H68N14O8. The Hall–Kier alpha value is -7.14. The number of ether oxygens (including phenoxy) is 4. The first kappa shape index (κ1) is 52.2. The molecule has 4 aromatic heterocycles. The third-order valence-electron chi connectivity index (χ3n) is 13.1. The highest BCUT2D eigenvalue weighted by Gasteiger charge is 2.25. The zero-order valence-electron chi connectivity index (χ0n) is 42.5. The van der Waals surface area contributed by atoms with E-state index in [1.54, 1.807) is 45.8 Å². The van der Waals surface area contributed by atoms with Gasteiger partial charge in [0, 0.05) is 76.6 Å². The van der Waals surface area contributed by atoms with Gasteiger partial charge in [-0.25, -0.2) is 9.97 Å². The number of nitrogens with one attached hydrogen (secondary N) is 2. The summed E-state index contributed by atoms with van der Waals surface area (Å²) in [5.74, 6) is -0.728. The van der Waals surface area contributed by atoms with Gasteiger partial charge in [0.1, 0.15) is 33.9 Å². The molecule has 0 aliphatic carbocycles. The molecule has 6 N–H and O–H groups in total. The van der Waals surface area contributed by atoms with Crippen molar-refractivity contribution < 1.29 is 38.1 Å². The number of hydrogen-bond acceptors (Lipinski definition) is 14. The van der Waals surface area contributed by atoms with Crippen LogP contribution in [0.15, 0.2) is 48.6 Å². The van der Waals surface area contributed by atoms with Gasteiger partial charge in [-0.1, -0.05) is 32.4 Å². The van der Waals surface area contributed by atoms with Crippen LogP contribution in [0, 0.1) is 19.8 Å². The molecule has 6 heterocycles. The summed E-state index contributed by atoms with van der Waals surface area (Å²) in [7, 11) is 0. The van der Waals surface area contributed by atoms with E-state index in [0.717, 1.165) is 45.7 Å². The van der Waals surface area contributed by atoms with Gasteiger partial charge in [0.05, 0.1) is 62.1 Å². The van der Waals surface area contributed by atoms with Gasteiger partial charge in [-0.2, -0.15) is 10.2 Å². The standard InChI is InChI=1S/C51H68N14O8/c1-6-33(3)32-65-41(27-35(5)59-65)49(69)57-51-55-39-29-37(47(53)67)31-43(73-21-11-13-61-18-24-71-25-19-61)45(39)63(51)15-9-8-14-62-44-38(54-50(62)56-48(68)40-26-34(4)58-64(40)7-2)28-36(46(52)66)30-42(44)72-20-10-12-60-16-22-70-23-17-60/h8-9,26-31,33H,6-7,10-25,32H2,1-5H3,(H2,52,66)(H2,53,67)(H,54,56,68)(H,55,57,69)/b9-8+/t33-/m0/s1. The lowest BCUT2D eigenvalue weighted by Gasteiger charge is -2.26. The van der Waals surface area contributed by atoms with Crippen LogP contribution in [-0.4, -0.2) is 151 Å². The molecule has 2 aromatic carbocycles. The quantitative estimate of drug-likeness (QED) is 0.0477. The number of amides is 4. The van der Waals surface area contributed by atoms with Crippen molar-refractivity contribution in [2.45, 2.75) is 80.1 Å². The third-order valence-corrected chi connectivity index (χ3v) is 13.1. The number of hydrogen-bond donors (Lipinski definition) is 4. The van der Waals surface area contributed by atoms with Crippen LogP contribution < -0.4 is 31.6 Å². The maximum absolute atomic E-state index is 14.3. The smallest absolute Gasteiger partial charge is 0.276 e. The van der Waals surface area contributed by atoms with Crippen LogP contribution in [0.4, 0.5) is 11.9 Å². The Kier molecular flexibility index (Phi) is 17.2. The SMILES string of the molecule is CC[C@H](C)Cn1nc(C)cc1C(=O)Nc1nc2cc(C(N)=O)cc(OCCCN3CCOCC3)c2n1C/C=C/Cn1c(NC(=O)c2cc(C)nn2CC)nc2cc(C(N)=O)cc(OCCCN3CCOCC3)c21. The molecule has 6 aromatic rings. The van der Waals surface area contributed by atoms with Crippen LogP contribution in [-0.2, 0) is 35.7 Å². The van der Waals surface area contributed by atoms with E-state index in [1.165, 1.54) is 0 Å². The fraction of sp³-hybridized carbons (Fsp3) is 0.490. The molecule has 2 aliphatic rings. The highest BCUT2D eigenvalue weighted by atomic mass is 16.5. The molecule has 73 heavy (non-hydrogen) atoms. The van der Waals surface area contributed by atoms with Crippen molar-refractivity contribution in [1.29, 1.82) is 0 Å². The number of aromatic nitrogens is 8. The third kappa shape index (κ3) is 12.7. The molecule has 0 unspecified atom stereocenters. The number of morpholine rings is 2. The Morgan fingerprint density at radius 1 is 0.671 bits per heavy atom. The monoisotopic (exact) mass is 1000 g/mol. The van der Waals surface area contributed by atoms with Crippen molar-refractivity contribution in [3.63, 3.8) is 0 Å². The number of imidazole rings is 2. The zero-order valence-corrected chi connectivity index (χ0v) is 42.5. The van der Waals surface area contributed by atoms with Crippen molar-refractivity contribution >= 4 is 57.6 Å². The van der Waals surface area contributed by atoms with Gasteiger partial charge in [0.25, 0.3) is 11.8 Å². The Bertz CT molecular complexity index is 2960. The summed E-state index contributed by atoms with van der Waals surface area (Å²) in [4.78, 5) is 68.0. The molecule has 390 valence electrons. The molecule has 22 heteroatoms. The predicted molar refractivity (Wildman–Crippen MR) is 275 cm³/mol. The second kappa shape index (κ2) is 24.1. The molecule has 0 radical (unpaired) electrons. The van der Waals surface area contributed by atoms with Crippen LogP contribution >= 0.6 is 0 Å². The first-order valence-corrected chi connectivity index (χ1v) is 25.2. The molecule has 22 nitrogen and oxygen atoms in total. The summed E-state index contributed by atoms with van der Waals surface area (Å²) >= 11 is 0. The van der Waals surface area contributed by atoms with E-state index in [0.29, 0.717) is 122 Å². The van der Waals surface area contributed by atoms with Crippen LogP contribution in [0.3, 0.4) is 0 Å². The van der Waals surface area contributed by atoms with E-state index in [4.69, 9.17) is 40.4 Å². The molecule has 1 atom stereocenters. The van der Waals surface area contributed by atoms with Crippen LogP contribution in [0.2, 0.25) is 0 Å². The average molecular weight is 1010 g/mol. The number of carbonyl (C=O) groups is 4. The molecule has 8 rings (SSSR count). The molecule has 2 saturated heterocycles. The molecular weight excluding hydrogens is 937 g/mol. The molecule has 0 bridgehead atoms. The summed E-state index contributed by atoms with van der Waals surface area (Å²) in [5, 5.41) is 15.1. The Balaban J connectivity index is 1.15. The van der Waals surface area contributed by atoms with E-state index in [2.05, 4.69) is 44.5 Å². The van der Waals surface area contributed by atoms with Gasteiger partial charge in [0.2, 0.25) is 23.7 Å². The van der Waals surface area contributed by atoms with Crippen molar-refractivity contribution in [2.24, 2.45) is 17.4 Å². The van der Waals surface area contributed by atoms with Gasteiger partial charge in [0.15, 0.2) is 0 Å². The van der Waals surface area contributed by atoms with Crippen LogP contribution in [0.1, 0.15) is 93.1 Å². The van der Waals surface area contributed by atoms with Crippen molar-refractivity contribution in [3.8, 4) is 11.5 Å². The summed E-state index contributed by atoms with van der Waals surface area (Å²) < 4.78 is 30.9. The molecule has 0 spiro atoms. The van der Waals surface area contributed by atoms with Gasteiger partial charge in [-0.3, -0.25) is 49.0 Å². The number of primary amides is 2. The number of nitrogens with two attached hydrogens (primary N) is 2. The van der Waals surface area contributed by atoms with E-state index in [-0.39, 0.29) is 42.0 Å². The number of benzene rings is 2. The van der Waals surface area contributed by atoms with E-state index in [9.17, 15) is 19.2 Å². The topological polar surface area (TPSA) is 259 Å². The fourth-order valence-corrected chi connectivity index (χ4v) is 9.05. The van der Waals surface area contributed by atoms with Crippen molar-refractivity contribution in [3.05, 3.63) is 82.5 Å². The maximum Gasteiger partial charge on any atom is 0.276 e. The fourth-order valence-electron chi connectivity index (χ4n) is 9.05. The Morgan fingerprint density at radius 2 is 1.11 bits per heavy atom. The predicted octanol–water partition coefficient (Wildman–Crippen LogP) is 4.62. The Morgan fingerprint density at radius 3 is 1.53 bits per heavy atom. The molecule has 0 saturated carbocycles. The summed E-state index contributed by atoms with van der Waals surface area (Å²) in [6.45, 7) is 19.5. The maximum atomic E-state index is 14.3. The van der Waals surface area contributed by atoms with E-state index >= 15 is 0 Å². The summed E-state index contributed by atoms with van der Waals surface area (Å²) in [5.41, 5.74) is 16.1. The molecule has 4 amide bonds. The molecule has 2 fully saturated rings. The van der Waals surface area contributed by atoms with Crippen LogP contribution in [0.5, 0.6) is 11.5 Å². The number of nitrogens with zero attached hydrogens (tertiary/aromatic N) is 10. The minimum absolute atomic E-state index is 0.164. The number of fused-ring (bicyclic) bond motifs is 2. The first-order valence-electron chi connectivity index (χ1n) is 25.2. The van der Waals surface area contributed by atoms with E-state index < -0.39 is 23.6 Å². The number of anilines is 2. The Labute approximate surface area is 423 Å². The second-order valence-electron chi connectivity index (χ2n) is 18.5. The summed E-state index contributed by atoms with van der Waals surface area (Å²) in [6.07, 6.45) is 6.11. The summed E-state index contributed by atoms with van der Waals surface area (Å²) in [6, 6.07) is 9.84. The van der Waals surface area contributed by atoms with Gasteiger partial charge < -0.3 is 39.5 Å². The number of rotatable bonds is 24. The number of allylic oxidation sites excluding steroid dienone is 2. The first-order chi connectivity index (χ1) is 35.3.